The van der Waals surface area contributed by atoms with Gasteiger partial charge in [0.25, 0.3) is 5.91 Å². The number of nitrogens with one attached hydrogen (secondary N) is 2. The SMILES string of the molecule is CCCSc1nc2n(n1)C(c1ccc(C(C)C)cc1)C(C(=O)Nc1cccc(C)c1C)=C(C)N2. The van der Waals surface area contributed by atoms with Gasteiger partial charge in [0.15, 0.2) is 0 Å². The molecule has 0 fully saturated rings. The largest absolute Gasteiger partial charge is 0.328 e. The third kappa shape index (κ3) is 4.75. The number of carbonyl (C=O) groups excluding carboxylic acids is 1. The second-order valence-corrected chi connectivity index (χ2v) is 10.2. The molecule has 2 aromatic carbocycles. The number of allylic oxidation sites excluding steroid dienone is 1. The molecule has 0 spiro atoms. The minimum atomic E-state index is -0.369. The Kier molecular flexibility index (Phi) is 7.12. The van der Waals surface area contributed by atoms with Crippen LogP contribution < -0.4 is 10.6 Å². The molecule has 1 unspecified atom stereocenters. The maximum atomic E-state index is 13.7. The fourth-order valence-electron chi connectivity index (χ4n) is 4.13. The standard InChI is InChI=1S/C27H33N5OS/c1-7-15-34-27-30-26-28-19(6)23(25(33)29-22-10-8-9-17(4)18(22)5)24(32(26)31-27)21-13-11-20(12-14-21)16(2)3/h8-14,16,24H,7,15H2,1-6H3,(H,29,33)(H,28,30,31). The van der Waals surface area contributed by atoms with Gasteiger partial charge in [-0.15, -0.1) is 5.10 Å². The number of fused-ring (bicyclic) bond motifs is 1. The van der Waals surface area contributed by atoms with Crippen molar-refractivity contribution >= 4 is 29.3 Å². The van der Waals surface area contributed by atoms with Gasteiger partial charge in [0, 0.05) is 17.1 Å². The summed E-state index contributed by atoms with van der Waals surface area (Å²) in [6, 6.07) is 14.1. The van der Waals surface area contributed by atoms with E-state index in [2.05, 4.69) is 55.7 Å². The van der Waals surface area contributed by atoms with Crippen LogP contribution in [0.1, 0.15) is 68.3 Å². The molecule has 0 aliphatic carbocycles. The zero-order valence-electron chi connectivity index (χ0n) is 20.8. The van der Waals surface area contributed by atoms with E-state index in [0.717, 1.165) is 45.4 Å². The zero-order chi connectivity index (χ0) is 24.4. The van der Waals surface area contributed by atoms with E-state index in [1.165, 1.54) is 5.56 Å². The smallest absolute Gasteiger partial charge is 0.255 e. The van der Waals surface area contributed by atoms with Crippen LogP contribution in [0, 0.1) is 13.8 Å². The molecule has 6 nitrogen and oxygen atoms in total. The molecule has 2 N–H and O–H groups in total. The summed E-state index contributed by atoms with van der Waals surface area (Å²) in [6.07, 6.45) is 1.04. The lowest BCUT2D eigenvalue weighted by Gasteiger charge is -2.29. The number of anilines is 2. The predicted octanol–water partition coefficient (Wildman–Crippen LogP) is 6.45. The number of aryl methyl sites for hydroxylation is 1. The van der Waals surface area contributed by atoms with Gasteiger partial charge in [0.2, 0.25) is 11.1 Å². The van der Waals surface area contributed by atoms with Gasteiger partial charge < -0.3 is 10.6 Å². The van der Waals surface area contributed by atoms with E-state index < -0.39 is 0 Å². The van der Waals surface area contributed by atoms with Crippen molar-refractivity contribution in [2.45, 2.75) is 65.1 Å². The highest BCUT2D eigenvalue weighted by molar-refractivity contribution is 7.99. The zero-order valence-corrected chi connectivity index (χ0v) is 21.6. The van der Waals surface area contributed by atoms with Crippen molar-refractivity contribution in [3.05, 3.63) is 76.0 Å². The van der Waals surface area contributed by atoms with Gasteiger partial charge in [0.1, 0.15) is 6.04 Å². The molecule has 34 heavy (non-hydrogen) atoms. The molecule has 3 aromatic rings. The van der Waals surface area contributed by atoms with E-state index >= 15 is 0 Å². The Morgan fingerprint density at radius 1 is 1.15 bits per heavy atom. The average molecular weight is 476 g/mol. The number of aromatic nitrogens is 3. The summed E-state index contributed by atoms with van der Waals surface area (Å²) in [5.41, 5.74) is 6.73. The molecule has 7 heteroatoms. The highest BCUT2D eigenvalue weighted by atomic mass is 32.2. The quantitative estimate of drug-likeness (QED) is 0.384. The van der Waals surface area contributed by atoms with Gasteiger partial charge in [-0.25, -0.2) is 4.68 Å². The first-order valence-electron chi connectivity index (χ1n) is 11.8. The van der Waals surface area contributed by atoms with Crippen LogP contribution in [0.5, 0.6) is 0 Å². The Labute approximate surface area is 206 Å². The molecule has 0 saturated carbocycles. The number of hydrogen-bond acceptors (Lipinski definition) is 5. The van der Waals surface area contributed by atoms with E-state index in [1.807, 2.05) is 43.7 Å². The molecule has 0 radical (unpaired) electrons. The summed E-state index contributed by atoms with van der Waals surface area (Å²) in [6.45, 7) is 12.5. The monoisotopic (exact) mass is 475 g/mol. The highest BCUT2D eigenvalue weighted by Crippen LogP contribution is 2.37. The van der Waals surface area contributed by atoms with E-state index in [9.17, 15) is 4.79 Å². The molecule has 178 valence electrons. The summed E-state index contributed by atoms with van der Waals surface area (Å²) in [5.74, 6) is 1.91. The second kappa shape index (κ2) is 10.1. The van der Waals surface area contributed by atoms with Crippen molar-refractivity contribution in [2.75, 3.05) is 16.4 Å². The number of benzene rings is 2. The lowest BCUT2D eigenvalue weighted by atomic mass is 9.92. The van der Waals surface area contributed by atoms with Crippen molar-refractivity contribution < 1.29 is 4.79 Å². The first-order chi connectivity index (χ1) is 16.3. The molecular weight excluding hydrogens is 442 g/mol. The Balaban J connectivity index is 1.77. The van der Waals surface area contributed by atoms with Gasteiger partial charge in [-0.05, 0) is 61.4 Å². The molecular formula is C27H33N5OS. The Morgan fingerprint density at radius 2 is 1.88 bits per heavy atom. The highest BCUT2D eigenvalue weighted by Gasteiger charge is 2.34. The van der Waals surface area contributed by atoms with E-state index in [-0.39, 0.29) is 11.9 Å². The minimum Gasteiger partial charge on any atom is -0.328 e. The molecule has 1 aromatic heterocycles. The summed E-state index contributed by atoms with van der Waals surface area (Å²) in [7, 11) is 0. The van der Waals surface area contributed by atoms with Gasteiger partial charge in [-0.2, -0.15) is 4.98 Å². The minimum absolute atomic E-state index is 0.138. The summed E-state index contributed by atoms with van der Waals surface area (Å²) < 4.78 is 1.85. The molecule has 0 bridgehead atoms. The third-order valence-corrected chi connectivity index (χ3v) is 7.33. The fourth-order valence-corrected chi connectivity index (χ4v) is 4.81. The van der Waals surface area contributed by atoms with Crippen LogP contribution in [0.4, 0.5) is 11.6 Å². The molecule has 1 amide bonds. The first-order valence-corrected chi connectivity index (χ1v) is 12.8. The number of amides is 1. The van der Waals surface area contributed by atoms with Crippen LogP contribution in [-0.2, 0) is 4.79 Å². The first kappa shape index (κ1) is 24.1. The molecule has 2 heterocycles. The van der Waals surface area contributed by atoms with Crippen LogP contribution >= 0.6 is 11.8 Å². The van der Waals surface area contributed by atoms with Crippen LogP contribution in [-0.4, -0.2) is 26.4 Å². The maximum Gasteiger partial charge on any atom is 0.255 e. The molecule has 0 saturated heterocycles. The van der Waals surface area contributed by atoms with Crippen LogP contribution in [0.3, 0.4) is 0 Å². The molecule has 4 rings (SSSR count). The van der Waals surface area contributed by atoms with E-state index in [1.54, 1.807) is 11.8 Å². The van der Waals surface area contributed by atoms with Crippen LogP contribution in [0.25, 0.3) is 0 Å². The number of thioether (sulfide) groups is 1. The number of carbonyl (C=O) groups is 1. The molecule has 1 atom stereocenters. The normalized spacial score (nSPS) is 15.3. The lowest BCUT2D eigenvalue weighted by Crippen LogP contribution is -2.31. The van der Waals surface area contributed by atoms with E-state index in [0.29, 0.717) is 17.4 Å². The van der Waals surface area contributed by atoms with Crippen molar-refractivity contribution in [3.63, 3.8) is 0 Å². The van der Waals surface area contributed by atoms with Gasteiger partial charge in [-0.3, -0.25) is 4.79 Å². The van der Waals surface area contributed by atoms with Crippen molar-refractivity contribution in [1.29, 1.82) is 0 Å². The lowest BCUT2D eigenvalue weighted by molar-refractivity contribution is -0.113. The summed E-state index contributed by atoms with van der Waals surface area (Å²) >= 11 is 1.63. The van der Waals surface area contributed by atoms with Crippen molar-refractivity contribution in [2.24, 2.45) is 0 Å². The third-order valence-electron chi connectivity index (χ3n) is 6.28. The Hall–Kier alpha value is -3.06. The van der Waals surface area contributed by atoms with Crippen LogP contribution in [0.15, 0.2) is 58.9 Å². The number of nitrogens with zero attached hydrogens (tertiary/aromatic N) is 3. The Morgan fingerprint density at radius 3 is 2.56 bits per heavy atom. The van der Waals surface area contributed by atoms with Crippen molar-refractivity contribution in [1.82, 2.24) is 14.8 Å². The van der Waals surface area contributed by atoms with Crippen molar-refractivity contribution in [3.8, 4) is 0 Å². The predicted molar refractivity (Wildman–Crippen MR) is 141 cm³/mol. The topological polar surface area (TPSA) is 71.8 Å². The number of rotatable bonds is 7. The van der Waals surface area contributed by atoms with Crippen LogP contribution in [0.2, 0.25) is 0 Å². The van der Waals surface area contributed by atoms with Gasteiger partial charge in [-0.1, -0.05) is 68.9 Å². The molecule has 1 aliphatic heterocycles. The maximum absolute atomic E-state index is 13.7. The molecule has 1 aliphatic rings. The van der Waals surface area contributed by atoms with E-state index in [4.69, 9.17) is 10.1 Å². The summed E-state index contributed by atoms with van der Waals surface area (Å²) in [4.78, 5) is 18.4. The Bertz CT molecular complexity index is 1230. The fraction of sp³-hybridized carbons (Fsp3) is 0.370. The average Bonchev–Trinajstić information content (AvgIpc) is 3.22. The summed E-state index contributed by atoms with van der Waals surface area (Å²) in [5, 5.41) is 12.0. The van der Waals surface area contributed by atoms with Gasteiger partial charge in [0.05, 0.1) is 5.57 Å². The van der Waals surface area contributed by atoms with Gasteiger partial charge >= 0.3 is 0 Å². The number of hydrogen-bond donors (Lipinski definition) is 2. The second-order valence-electron chi connectivity index (χ2n) is 9.10.